The molecule has 29 heavy (non-hydrogen) atoms. The molecule has 0 radical (unpaired) electrons. The van der Waals surface area contributed by atoms with Gasteiger partial charge in [-0.3, -0.25) is 0 Å². The molecule has 0 spiro atoms. The van der Waals surface area contributed by atoms with Gasteiger partial charge < -0.3 is 14.7 Å². The summed E-state index contributed by atoms with van der Waals surface area (Å²) in [6.45, 7) is 2.06. The van der Waals surface area contributed by atoms with E-state index in [0.717, 1.165) is 32.0 Å². The minimum atomic E-state index is -0.710. The van der Waals surface area contributed by atoms with Gasteiger partial charge in [0, 0.05) is 6.54 Å². The second-order valence-corrected chi connectivity index (χ2v) is 7.78. The second kappa shape index (κ2) is 10.0. The van der Waals surface area contributed by atoms with Gasteiger partial charge in [0.1, 0.15) is 41.7 Å². The smallest absolute Gasteiger partial charge is 0.138 e. The van der Waals surface area contributed by atoms with Crippen molar-refractivity contribution in [3.63, 3.8) is 0 Å². The van der Waals surface area contributed by atoms with E-state index in [-0.39, 0.29) is 18.0 Å². The summed E-state index contributed by atoms with van der Waals surface area (Å²) in [5.74, 6) is -0.129. The van der Waals surface area contributed by atoms with Gasteiger partial charge in [-0.25, -0.2) is 8.78 Å². The van der Waals surface area contributed by atoms with E-state index >= 15 is 0 Å². The molecule has 154 valence electrons. The molecule has 1 saturated heterocycles. The van der Waals surface area contributed by atoms with Crippen molar-refractivity contribution < 1.29 is 18.6 Å². The number of piperidine rings is 1. The van der Waals surface area contributed by atoms with E-state index < -0.39 is 11.9 Å². The van der Waals surface area contributed by atoms with E-state index in [2.05, 4.69) is 4.90 Å². The molecule has 0 unspecified atom stereocenters. The van der Waals surface area contributed by atoms with E-state index in [1.165, 1.54) is 12.1 Å². The first kappa shape index (κ1) is 21.5. The van der Waals surface area contributed by atoms with Crippen LogP contribution in [-0.2, 0) is 6.42 Å². The molecule has 0 amide bonds. The van der Waals surface area contributed by atoms with Gasteiger partial charge in [0.2, 0.25) is 0 Å². The number of aliphatic hydroxyl groups is 1. The molecule has 0 saturated carbocycles. The summed E-state index contributed by atoms with van der Waals surface area (Å²) in [6, 6.07) is 10.5. The number of hydrogen-bond donors (Lipinski definition) is 1. The Morgan fingerprint density at radius 3 is 2.72 bits per heavy atom. The molecule has 1 N–H and O–H groups in total. The highest BCUT2D eigenvalue weighted by molar-refractivity contribution is 6.31. The standard InChI is InChI=1S/C22H23ClF2N2O2/c23-20-2-1-3-22(19(20)12-26)29-14-18(28)13-27-8-6-15(7-9-27)10-16-11-17(24)4-5-21(16)25/h1-5,11,15,18,28H,6-10,13-14H2/t18-/m1/s1. The molecule has 2 aromatic carbocycles. The Morgan fingerprint density at radius 2 is 2.00 bits per heavy atom. The van der Waals surface area contributed by atoms with Crippen LogP contribution in [0, 0.1) is 28.9 Å². The lowest BCUT2D eigenvalue weighted by atomic mass is 9.90. The quantitative estimate of drug-likeness (QED) is 0.730. The number of benzene rings is 2. The maximum Gasteiger partial charge on any atom is 0.138 e. The first-order valence-electron chi connectivity index (χ1n) is 9.62. The summed E-state index contributed by atoms with van der Waals surface area (Å²) < 4.78 is 32.7. The zero-order valence-electron chi connectivity index (χ0n) is 16.0. The molecular formula is C22H23ClF2N2O2. The lowest BCUT2D eigenvalue weighted by Gasteiger charge is -2.33. The SMILES string of the molecule is N#Cc1c(Cl)cccc1OC[C@H](O)CN1CCC(Cc2cc(F)ccc2F)CC1. The van der Waals surface area contributed by atoms with Crippen molar-refractivity contribution in [3.05, 3.63) is 64.2 Å². The van der Waals surface area contributed by atoms with Crippen LogP contribution in [0.3, 0.4) is 0 Å². The van der Waals surface area contributed by atoms with Crippen molar-refractivity contribution in [2.45, 2.75) is 25.4 Å². The van der Waals surface area contributed by atoms with Gasteiger partial charge >= 0.3 is 0 Å². The number of nitrogens with zero attached hydrogens (tertiary/aromatic N) is 2. The van der Waals surface area contributed by atoms with Crippen LogP contribution in [0.2, 0.25) is 5.02 Å². The van der Waals surface area contributed by atoms with Crippen molar-refractivity contribution >= 4 is 11.6 Å². The first-order chi connectivity index (χ1) is 14.0. The molecule has 1 heterocycles. The number of halogens is 3. The molecule has 0 aliphatic carbocycles. The normalized spacial score (nSPS) is 16.4. The van der Waals surface area contributed by atoms with Crippen LogP contribution in [0.4, 0.5) is 8.78 Å². The number of ether oxygens (including phenoxy) is 1. The number of nitriles is 1. The lowest BCUT2D eigenvalue weighted by molar-refractivity contribution is 0.0549. The topological polar surface area (TPSA) is 56.5 Å². The highest BCUT2D eigenvalue weighted by Crippen LogP contribution is 2.26. The van der Waals surface area contributed by atoms with Gasteiger partial charge in [0.25, 0.3) is 0 Å². The fourth-order valence-electron chi connectivity index (χ4n) is 3.65. The second-order valence-electron chi connectivity index (χ2n) is 7.37. The van der Waals surface area contributed by atoms with Crippen LogP contribution in [0.1, 0.15) is 24.0 Å². The number of hydrogen-bond acceptors (Lipinski definition) is 4. The van der Waals surface area contributed by atoms with Crippen LogP contribution in [0.25, 0.3) is 0 Å². The van der Waals surface area contributed by atoms with Crippen LogP contribution in [0.15, 0.2) is 36.4 Å². The molecule has 4 nitrogen and oxygen atoms in total. The van der Waals surface area contributed by atoms with E-state index in [4.69, 9.17) is 21.6 Å². The Balaban J connectivity index is 1.44. The molecule has 1 fully saturated rings. The molecule has 0 aromatic heterocycles. The third-order valence-electron chi connectivity index (χ3n) is 5.21. The summed E-state index contributed by atoms with van der Waals surface area (Å²) in [5, 5.41) is 19.8. The molecule has 3 rings (SSSR count). The van der Waals surface area contributed by atoms with Gasteiger partial charge in [-0.15, -0.1) is 0 Å². The third-order valence-corrected chi connectivity index (χ3v) is 5.53. The van der Waals surface area contributed by atoms with Crippen LogP contribution in [0.5, 0.6) is 5.75 Å². The molecular weight excluding hydrogens is 398 g/mol. The van der Waals surface area contributed by atoms with Crippen molar-refractivity contribution in [1.29, 1.82) is 5.26 Å². The maximum atomic E-state index is 13.8. The molecule has 7 heteroatoms. The number of likely N-dealkylation sites (tertiary alicyclic amines) is 1. The fourth-order valence-corrected chi connectivity index (χ4v) is 3.86. The van der Waals surface area contributed by atoms with Crippen LogP contribution in [-0.4, -0.2) is 42.4 Å². The Hall–Kier alpha value is -2.20. The van der Waals surface area contributed by atoms with E-state index in [0.29, 0.717) is 35.2 Å². The maximum absolute atomic E-state index is 13.8. The Bertz CT molecular complexity index is 880. The van der Waals surface area contributed by atoms with Gasteiger partial charge in [-0.1, -0.05) is 17.7 Å². The first-order valence-corrected chi connectivity index (χ1v) is 10.00. The van der Waals surface area contributed by atoms with Crippen LogP contribution >= 0.6 is 11.6 Å². The monoisotopic (exact) mass is 420 g/mol. The number of β-amino-alcohol motifs (C(OH)–C–C–N with tert-alkyl or cyclic N) is 1. The van der Waals surface area contributed by atoms with Crippen molar-refractivity contribution in [1.82, 2.24) is 4.90 Å². The van der Waals surface area contributed by atoms with Gasteiger partial charge in [0.15, 0.2) is 0 Å². The number of aliphatic hydroxyl groups excluding tert-OH is 1. The van der Waals surface area contributed by atoms with E-state index in [1.54, 1.807) is 18.2 Å². The number of rotatable bonds is 7. The Morgan fingerprint density at radius 1 is 1.24 bits per heavy atom. The fraction of sp³-hybridized carbons (Fsp3) is 0.409. The van der Waals surface area contributed by atoms with Gasteiger partial charge in [-0.2, -0.15) is 5.26 Å². The largest absolute Gasteiger partial charge is 0.489 e. The molecule has 2 aromatic rings. The highest BCUT2D eigenvalue weighted by Gasteiger charge is 2.22. The summed E-state index contributed by atoms with van der Waals surface area (Å²) >= 11 is 5.97. The molecule has 0 bridgehead atoms. The summed E-state index contributed by atoms with van der Waals surface area (Å²) in [7, 11) is 0. The average molecular weight is 421 g/mol. The molecule has 1 atom stereocenters. The molecule has 1 aliphatic heterocycles. The van der Waals surface area contributed by atoms with Gasteiger partial charge in [-0.05, 0) is 74.2 Å². The van der Waals surface area contributed by atoms with Crippen molar-refractivity contribution in [3.8, 4) is 11.8 Å². The molecule has 1 aliphatic rings. The minimum absolute atomic E-state index is 0.0590. The summed E-state index contributed by atoms with van der Waals surface area (Å²) in [5.41, 5.74) is 0.679. The summed E-state index contributed by atoms with van der Waals surface area (Å²) in [4.78, 5) is 2.13. The third kappa shape index (κ3) is 5.89. The Labute approximate surface area is 174 Å². The zero-order chi connectivity index (χ0) is 20.8. The predicted octanol–water partition coefficient (Wildman–Crippen LogP) is 4.18. The summed E-state index contributed by atoms with van der Waals surface area (Å²) in [6.07, 6.45) is 1.53. The Kier molecular flexibility index (Phi) is 7.43. The lowest BCUT2D eigenvalue weighted by Crippen LogP contribution is -2.41. The van der Waals surface area contributed by atoms with Crippen molar-refractivity contribution in [2.75, 3.05) is 26.2 Å². The highest BCUT2D eigenvalue weighted by atomic mass is 35.5. The minimum Gasteiger partial charge on any atom is -0.489 e. The zero-order valence-corrected chi connectivity index (χ0v) is 16.7. The van der Waals surface area contributed by atoms with E-state index in [9.17, 15) is 13.9 Å². The predicted molar refractivity (Wildman–Crippen MR) is 107 cm³/mol. The van der Waals surface area contributed by atoms with Crippen molar-refractivity contribution in [2.24, 2.45) is 5.92 Å². The van der Waals surface area contributed by atoms with E-state index in [1.807, 2.05) is 6.07 Å². The average Bonchev–Trinajstić information content (AvgIpc) is 2.70. The van der Waals surface area contributed by atoms with Gasteiger partial charge in [0.05, 0.1) is 5.02 Å². The van der Waals surface area contributed by atoms with Crippen LogP contribution < -0.4 is 4.74 Å².